The van der Waals surface area contributed by atoms with Crippen LogP contribution in [0.15, 0.2) is 54.6 Å². The monoisotopic (exact) mass is 552 g/mol. The van der Waals surface area contributed by atoms with Crippen LogP contribution in [0.25, 0.3) is 0 Å². The van der Waals surface area contributed by atoms with Crippen molar-refractivity contribution in [1.82, 2.24) is 0 Å². The number of esters is 2. The fraction of sp³-hybridized carbons (Fsp3) is 0.375. The van der Waals surface area contributed by atoms with Crippen molar-refractivity contribution < 1.29 is 33.3 Å². The van der Waals surface area contributed by atoms with E-state index in [2.05, 4.69) is 34.1 Å². The number of benzene rings is 3. The molecular formula is C32H28N2O7. The first kappa shape index (κ1) is 23.6. The highest BCUT2D eigenvalue weighted by molar-refractivity contribution is 5.99. The van der Waals surface area contributed by atoms with Crippen molar-refractivity contribution in [2.75, 3.05) is 43.3 Å². The molecule has 4 bridgehead atoms. The largest absolute Gasteiger partial charge is 0.465 e. The molecule has 4 fully saturated rings. The number of morpholine rings is 2. The molecule has 4 saturated heterocycles. The number of hydrogen-bond acceptors (Lipinski definition) is 9. The molecule has 4 atom stereocenters. The van der Waals surface area contributed by atoms with Crippen LogP contribution in [0.5, 0.6) is 11.5 Å². The lowest BCUT2D eigenvalue weighted by molar-refractivity contribution is 0.0101. The lowest BCUT2D eigenvalue weighted by Gasteiger charge is -2.54. The number of methoxy groups -OCH3 is 1. The summed E-state index contributed by atoms with van der Waals surface area (Å²) in [7, 11) is 1.35. The lowest BCUT2D eigenvalue weighted by Crippen LogP contribution is -2.64. The second kappa shape index (κ2) is 8.24. The number of rotatable bonds is 3. The van der Waals surface area contributed by atoms with Crippen molar-refractivity contribution >= 4 is 23.3 Å². The van der Waals surface area contributed by atoms with E-state index in [4.69, 9.17) is 23.7 Å². The van der Waals surface area contributed by atoms with Gasteiger partial charge >= 0.3 is 11.9 Å². The molecule has 9 heteroatoms. The van der Waals surface area contributed by atoms with Gasteiger partial charge in [0.2, 0.25) is 0 Å². The van der Waals surface area contributed by atoms with Crippen molar-refractivity contribution in [3.63, 3.8) is 0 Å². The van der Waals surface area contributed by atoms with Crippen LogP contribution in [0.2, 0.25) is 0 Å². The molecular weight excluding hydrogens is 524 g/mol. The Morgan fingerprint density at radius 3 is 1.85 bits per heavy atom. The molecule has 0 aliphatic carbocycles. The summed E-state index contributed by atoms with van der Waals surface area (Å²) >= 11 is 0. The zero-order valence-corrected chi connectivity index (χ0v) is 22.5. The number of fused-ring (bicyclic) bond motifs is 10. The van der Waals surface area contributed by atoms with Gasteiger partial charge in [0, 0.05) is 40.2 Å². The number of nitrogens with zero attached hydrogens (tertiary/aromatic N) is 2. The molecule has 3 aromatic rings. The Morgan fingerprint density at radius 1 is 0.780 bits per heavy atom. The summed E-state index contributed by atoms with van der Waals surface area (Å²) in [5.74, 6) is 0.356. The average Bonchev–Trinajstić information content (AvgIpc) is 3.29. The first-order valence-electron chi connectivity index (χ1n) is 14.2. The van der Waals surface area contributed by atoms with Gasteiger partial charge in [-0.2, -0.15) is 0 Å². The molecule has 0 saturated carbocycles. The number of ether oxygens (including phenoxy) is 5. The van der Waals surface area contributed by atoms with E-state index in [0.717, 1.165) is 35.3 Å². The smallest absolute Gasteiger partial charge is 0.340 e. The van der Waals surface area contributed by atoms with Gasteiger partial charge in [-0.05, 0) is 55.3 Å². The zero-order chi connectivity index (χ0) is 27.5. The normalized spacial score (nSPS) is 29.8. The Labute approximate surface area is 236 Å². The quantitative estimate of drug-likeness (QED) is 0.448. The lowest BCUT2D eigenvalue weighted by atomic mass is 9.76. The standard InChI is InChI=1S/C32H28N2O7/c1-37-30(35)17-2-5-24-27(8-17)32(41-31(24)36)25-6-3-18(33-20-9-21(33)14-38-13-20)11-28(25)40-29-12-19(4-7-26(29)32)34-22-10-23(34)16-39-15-22/h2-8,11-12,20-23H,9-10,13-16H2,1H3. The Morgan fingerprint density at radius 2 is 1.34 bits per heavy atom. The van der Waals surface area contributed by atoms with Gasteiger partial charge in [0.05, 0.1) is 68.8 Å². The van der Waals surface area contributed by atoms with E-state index in [0.29, 0.717) is 78.8 Å². The van der Waals surface area contributed by atoms with Crippen LogP contribution in [-0.4, -0.2) is 69.6 Å². The second-order valence-corrected chi connectivity index (χ2v) is 11.8. The van der Waals surface area contributed by atoms with Gasteiger partial charge in [-0.3, -0.25) is 0 Å². The second-order valence-electron chi connectivity index (χ2n) is 11.8. The molecule has 3 aromatic carbocycles. The summed E-state index contributed by atoms with van der Waals surface area (Å²) in [5, 5.41) is 0. The first-order valence-corrected chi connectivity index (χ1v) is 14.2. The Bertz CT molecular complexity index is 1550. The molecule has 208 valence electrons. The predicted octanol–water partition coefficient (Wildman–Crippen LogP) is 4.00. The fourth-order valence-corrected chi connectivity index (χ4v) is 7.78. The first-order chi connectivity index (χ1) is 20.0. The van der Waals surface area contributed by atoms with Crippen LogP contribution in [0.1, 0.15) is 50.2 Å². The van der Waals surface area contributed by atoms with Gasteiger partial charge in [0.25, 0.3) is 0 Å². The van der Waals surface area contributed by atoms with Crippen molar-refractivity contribution in [2.24, 2.45) is 0 Å². The van der Waals surface area contributed by atoms with Crippen molar-refractivity contribution in [1.29, 1.82) is 0 Å². The van der Waals surface area contributed by atoms with E-state index < -0.39 is 17.5 Å². The van der Waals surface area contributed by atoms with Gasteiger partial charge in [-0.25, -0.2) is 9.59 Å². The molecule has 0 aromatic heterocycles. The van der Waals surface area contributed by atoms with Gasteiger partial charge in [0.1, 0.15) is 11.5 Å². The summed E-state index contributed by atoms with van der Waals surface area (Å²) in [6, 6.07) is 18.6. The molecule has 0 radical (unpaired) electrons. The highest BCUT2D eigenvalue weighted by atomic mass is 16.6. The molecule has 1 spiro atoms. The average molecular weight is 553 g/mol. The van der Waals surface area contributed by atoms with Crippen LogP contribution >= 0.6 is 0 Å². The summed E-state index contributed by atoms with van der Waals surface area (Å²) in [6.45, 7) is 2.86. The Kier molecular flexibility index (Phi) is 4.74. The SMILES string of the molecule is COC(=O)c1ccc2c(c1)C1(OC2=O)c2ccc(N3C4COCC3C4)cc2Oc2cc(N3C4COCC3C4)ccc21. The van der Waals surface area contributed by atoms with E-state index in [1.54, 1.807) is 18.2 Å². The molecule has 6 heterocycles. The summed E-state index contributed by atoms with van der Waals surface area (Å²) < 4.78 is 29.5. The van der Waals surface area contributed by atoms with E-state index >= 15 is 0 Å². The third-order valence-electron chi connectivity index (χ3n) is 9.69. The van der Waals surface area contributed by atoms with Crippen LogP contribution < -0.4 is 14.5 Å². The van der Waals surface area contributed by atoms with Crippen molar-refractivity contribution in [3.05, 3.63) is 82.4 Å². The minimum atomic E-state index is -1.27. The number of anilines is 2. The number of carbonyl (C=O) groups excluding carboxylic acids is 2. The minimum absolute atomic E-state index is 0.351. The third kappa shape index (κ3) is 3.08. The summed E-state index contributed by atoms with van der Waals surface area (Å²) in [5.41, 5.74) is 3.70. The third-order valence-corrected chi connectivity index (χ3v) is 9.69. The van der Waals surface area contributed by atoms with E-state index in [1.807, 2.05) is 12.1 Å². The molecule has 0 N–H and O–H groups in total. The van der Waals surface area contributed by atoms with Crippen molar-refractivity contribution in [2.45, 2.75) is 42.6 Å². The van der Waals surface area contributed by atoms with Crippen LogP contribution in [-0.2, 0) is 24.5 Å². The number of carbonyl (C=O) groups is 2. The molecule has 4 unspecified atom stereocenters. The van der Waals surface area contributed by atoms with Gasteiger partial charge in [0.15, 0.2) is 5.60 Å². The highest BCUT2D eigenvalue weighted by Crippen LogP contribution is 2.58. The van der Waals surface area contributed by atoms with Crippen molar-refractivity contribution in [3.8, 4) is 11.5 Å². The van der Waals surface area contributed by atoms with Gasteiger partial charge < -0.3 is 33.5 Å². The minimum Gasteiger partial charge on any atom is -0.465 e. The maximum Gasteiger partial charge on any atom is 0.340 e. The van der Waals surface area contributed by atoms with Gasteiger partial charge in [-0.1, -0.05) is 0 Å². The van der Waals surface area contributed by atoms with E-state index in [1.165, 1.54) is 7.11 Å². The van der Waals surface area contributed by atoms with E-state index in [-0.39, 0.29) is 0 Å². The Hall–Kier alpha value is -4.08. The molecule has 9 rings (SSSR count). The van der Waals surface area contributed by atoms with Crippen LogP contribution in [0, 0.1) is 0 Å². The molecule has 6 aliphatic rings. The Balaban J connectivity index is 1.23. The maximum atomic E-state index is 13.4. The summed E-state index contributed by atoms with van der Waals surface area (Å²) in [4.78, 5) is 30.8. The molecule has 41 heavy (non-hydrogen) atoms. The van der Waals surface area contributed by atoms with Crippen LogP contribution in [0.3, 0.4) is 0 Å². The maximum absolute atomic E-state index is 13.4. The zero-order valence-electron chi connectivity index (χ0n) is 22.5. The van der Waals surface area contributed by atoms with Crippen LogP contribution in [0.4, 0.5) is 11.4 Å². The predicted molar refractivity (Wildman–Crippen MR) is 147 cm³/mol. The number of hydrogen-bond donors (Lipinski definition) is 0. The van der Waals surface area contributed by atoms with Gasteiger partial charge in [-0.15, -0.1) is 0 Å². The molecule has 0 amide bonds. The highest BCUT2D eigenvalue weighted by Gasteiger charge is 2.55. The van der Waals surface area contributed by atoms with E-state index in [9.17, 15) is 9.59 Å². The molecule has 9 nitrogen and oxygen atoms in total. The molecule has 6 aliphatic heterocycles. The fourth-order valence-electron chi connectivity index (χ4n) is 7.78. The topological polar surface area (TPSA) is 86.8 Å². The summed E-state index contributed by atoms with van der Waals surface area (Å²) in [6.07, 6.45) is 2.24.